The molecule has 0 aliphatic rings. The normalized spacial score (nSPS) is 11.1. The number of aryl methyl sites for hydroxylation is 2. The number of hydrogen-bond acceptors (Lipinski definition) is 4. The zero-order valence-electron chi connectivity index (χ0n) is 10.8. The Morgan fingerprint density at radius 2 is 1.79 bits per heavy atom. The molecule has 96 valence electrons. The highest BCUT2D eigenvalue weighted by Gasteiger charge is 2.11. The van der Waals surface area contributed by atoms with Crippen LogP contribution in [-0.4, -0.2) is 20.1 Å². The Bertz CT molecular complexity index is 776. The van der Waals surface area contributed by atoms with Crippen LogP contribution in [0.1, 0.15) is 11.1 Å². The minimum absolute atomic E-state index is 0.193. The number of nitrogen functional groups attached to an aromatic ring is 1. The molecule has 0 fully saturated rings. The number of hydrogen-bond donors (Lipinski definition) is 2. The van der Waals surface area contributed by atoms with Crippen molar-refractivity contribution < 1.29 is 5.11 Å². The van der Waals surface area contributed by atoms with Gasteiger partial charge in [0.05, 0.1) is 0 Å². The van der Waals surface area contributed by atoms with E-state index in [1.807, 2.05) is 32.0 Å². The molecule has 5 nitrogen and oxygen atoms in total. The molecule has 5 heteroatoms. The summed E-state index contributed by atoms with van der Waals surface area (Å²) in [4.78, 5) is 1.44. The molecule has 0 saturated carbocycles. The third-order valence-corrected chi connectivity index (χ3v) is 3.04. The predicted octanol–water partition coefficient (Wildman–Crippen LogP) is 2.33. The van der Waals surface area contributed by atoms with Crippen LogP contribution in [0.2, 0.25) is 0 Å². The summed E-state index contributed by atoms with van der Waals surface area (Å²) in [5.41, 5.74) is 10.2. The number of rotatable bonds is 1. The van der Waals surface area contributed by atoms with Crippen LogP contribution >= 0.6 is 0 Å². The Balaban J connectivity index is 2.24. The van der Waals surface area contributed by atoms with E-state index in [1.165, 1.54) is 4.80 Å². The summed E-state index contributed by atoms with van der Waals surface area (Å²) >= 11 is 0. The first-order valence-electron chi connectivity index (χ1n) is 5.98. The van der Waals surface area contributed by atoms with Crippen molar-refractivity contribution in [3.8, 4) is 11.4 Å². The standard InChI is InChI=1S/C14H14N4O/c1-8-5-9(2)14(19)13(6-8)18-16-11-4-3-10(15)7-12(11)17-18/h3-7,19H,15H2,1-2H3. The molecule has 0 atom stereocenters. The van der Waals surface area contributed by atoms with Crippen LogP contribution in [0.25, 0.3) is 16.7 Å². The van der Waals surface area contributed by atoms with Gasteiger partial charge >= 0.3 is 0 Å². The third kappa shape index (κ3) is 1.89. The average Bonchev–Trinajstić information content (AvgIpc) is 2.76. The van der Waals surface area contributed by atoms with Gasteiger partial charge < -0.3 is 10.8 Å². The summed E-state index contributed by atoms with van der Waals surface area (Å²) in [6.45, 7) is 3.82. The second kappa shape index (κ2) is 3.98. The summed E-state index contributed by atoms with van der Waals surface area (Å²) in [5.74, 6) is 0.193. The number of aromatic nitrogens is 3. The van der Waals surface area contributed by atoms with E-state index in [0.29, 0.717) is 16.9 Å². The van der Waals surface area contributed by atoms with Gasteiger partial charge in [0.15, 0.2) is 0 Å². The number of nitrogens with zero attached hydrogens (tertiary/aromatic N) is 3. The lowest BCUT2D eigenvalue weighted by Gasteiger charge is -2.07. The van der Waals surface area contributed by atoms with Crippen molar-refractivity contribution >= 4 is 16.7 Å². The van der Waals surface area contributed by atoms with Crippen LogP contribution in [0.4, 0.5) is 5.69 Å². The Morgan fingerprint density at radius 3 is 2.58 bits per heavy atom. The van der Waals surface area contributed by atoms with Crippen LogP contribution in [0.3, 0.4) is 0 Å². The van der Waals surface area contributed by atoms with E-state index in [0.717, 1.165) is 16.6 Å². The van der Waals surface area contributed by atoms with E-state index in [2.05, 4.69) is 10.2 Å². The number of phenols is 1. The van der Waals surface area contributed by atoms with Gasteiger partial charge in [0.1, 0.15) is 22.5 Å². The molecule has 2 aromatic carbocycles. The largest absolute Gasteiger partial charge is 0.505 e. The molecule has 0 aliphatic carbocycles. The summed E-state index contributed by atoms with van der Waals surface area (Å²) in [6, 6.07) is 9.12. The van der Waals surface area contributed by atoms with Gasteiger partial charge in [0.2, 0.25) is 0 Å². The minimum Gasteiger partial charge on any atom is -0.505 e. The van der Waals surface area contributed by atoms with Crippen molar-refractivity contribution in [3.05, 3.63) is 41.5 Å². The lowest BCUT2D eigenvalue weighted by Crippen LogP contribution is -2.00. The second-order valence-electron chi connectivity index (χ2n) is 4.69. The Labute approximate surface area is 110 Å². The molecule has 0 amide bonds. The topological polar surface area (TPSA) is 77.0 Å². The maximum Gasteiger partial charge on any atom is 0.146 e. The molecule has 3 rings (SSSR count). The van der Waals surface area contributed by atoms with Crippen molar-refractivity contribution in [2.24, 2.45) is 0 Å². The molecule has 0 aliphatic heterocycles. The van der Waals surface area contributed by atoms with Crippen molar-refractivity contribution in [1.29, 1.82) is 0 Å². The number of aromatic hydroxyl groups is 1. The number of benzene rings is 2. The monoisotopic (exact) mass is 254 g/mol. The van der Waals surface area contributed by atoms with Crippen LogP contribution < -0.4 is 5.73 Å². The molecule has 0 bridgehead atoms. The zero-order valence-corrected chi connectivity index (χ0v) is 10.8. The van der Waals surface area contributed by atoms with E-state index in [4.69, 9.17) is 5.73 Å². The Kier molecular flexibility index (Phi) is 2.41. The number of fused-ring (bicyclic) bond motifs is 1. The number of nitrogens with two attached hydrogens (primary N) is 1. The summed E-state index contributed by atoms with van der Waals surface area (Å²) in [5, 5.41) is 18.8. The first-order valence-corrected chi connectivity index (χ1v) is 5.98. The van der Waals surface area contributed by atoms with Gasteiger partial charge in [-0.3, -0.25) is 0 Å². The lowest BCUT2D eigenvalue weighted by atomic mass is 10.1. The molecular formula is C14H14N4O. The van der Waals surface area contributed by atoms with Gasteiger partial charge in [-0.15, -0.1) is 15.0 Å². The quantitative estimate of drug-likeness (QED) is 0.653. The molecule has 0 spiro atoms. The van der Waals surface area contributed by atoms with Crippen LogP contribution in [0.15, 0.2) is 30.3 Å². The molecular weight excluding hydrogens is 240 g/mol. The fourth-order valence-electron chi connectivity index (χ4n) is 2.13. The third-order valence-electron chi connectivity index (χ3n) is 3.04. The van der Waals surface area contributed by atoms with Gasteiger partial charge in [0.25, 0.3) is 0 Å². The summed E-state index contributed by atoms with van der Waals surface area (Å²) < 4.78 is 0. The van der Waals surface area contributed by atoms with E-state index in [9.17, 15) is 5.11 Å². The SMILES string of the molecule is Cc1cc(C)c(O)c(-n2nc3ccc(N)cc3n2)c1. The fraction of sp³-hybridized carbons (Fsp3) is 0.143. The summed E-state index contributed by atoms with van der Waals surface area (Å²) in [7, 11) is 0. The minimum atomic E-state index is 0.193. The van der Waals surface area contributed by atoms with Crippen LogP contribution in [0.5, 0.6) is 5.75 Å². The maximum atomic E-state index is 10.1. The molecule has 1 heterocycles. The maximum absolute atomic E-state index is 10.1. The first kappa shape index (κ1) is 11.5. The van der Waals surface area contributed by atoms with Crippen molar-refractivity contribution in [1.82, 2.24) is 15.0 Å². The van der Waals surface area contributed by atoms with Crippen LogP contribution in [-0.2, 0) is 0 Å². The molecule has 0 saturated heterocycles. The molecule has 0 unspecified atom stereocenters. The average molecular weight is 254 g/mol. The lowest BCUT2D eigenvalue weighted by molar-refractivity contribution is 0.463. The van der Waals surface area contributed by atoms with Crippen molar-refractivity contribution in [2.75, 3.05) is 5.73 Å². The van der Waals surface area contributed by atoms with Crippen molar-refractivity contribution in [2.45, 2.75) is 13.8 Å². The molecule has 3 N–H and O–H groups in total. The smallest absolute Gasteiger partial charge is 0.146 e. The first-order chi connectivity index (χ1) is 9.04. The molecule has 0 radical (unpaired) electrons. The van der Waals surface area contributed by atoms with E-state index in [-0.39, 0.29) is 5.75 Å². The van der Waals surface area contributed by atoms with Gasteiger partial charge in [-0.05, 0) is 49.2 Å². The fourth-order valence-corrected chi connectivity index (χ4v) is 2.13. The van der Waals surface area contributed by atoms with Crippen molar-refractivity contribution in [3.63, 3.8) is 0 Å². The van der Waals surface area contributed by atoms with Gasteiger partial charge in [-0.2, -0.15) is 0 Å². The van der Waals surface area contributed by atoms with E-state index in [1.54, 1.807) is 12.1 Å². The number of anilines is 1. The predicted molar refractivity (Wildman–Crippen MR) is 74.4 cm³/mol. The van der Waals surface area contributed by atoms with Crippen LogP contribution in [0, 0.1) is 13.8 Å². The van der Waals surface area contributed by atoms with Gasteiger partial charge in [0, 0.05) is 5.69 Å². The second-order valence-corrected chi connectivity index (χ2v) is 4.69. The van der Waals surface area contributed by atoms with E-state index < -0.39 is 0 Å². The molecule has 19 heavy (non-hydrogen) atoms. The number of phenolic OH excluding ortho intramolecular Hbond substituents is 1. The summed E-state index contributed by atoms with van der Waals surface area (Å²) in [6.07, 6.45) is 0. The van der Waals surface area contributed by atoms with Gasteiger partial charge in [-0.1, -0.05) is 6.07 Å². The highest BCUT2D eigenvalue weighted by molar-refractivity contribution is 5.77. The highest BCUT2D eigenvalue weighted by Crippen LogP contribution is 2.27. The molecule has 3 aromatic rings. The Morgan fingerprint density at radius 1 is 1.05 bits per heavy atom. The highest BCUT2D eigenvalue weighted by atomic mass is 16.3. The van der Waals surface area contributed by atoms with Gasteiger partial charge in [-0.25, -0.2) is 0 Å². The molecule has 1 aromatic heterocycles. The zero-order chi connectivity index (χ0) is 13.6. The van der Waals surface area contributed by atoms with E-state index >= 15 is 0 Å². The Hall–Kier alpha value is -2.56.